The van der Waals surface area contributed by atoms with Gasteiger partial charge in [0.05, 0.1) is 12.1 Å². The average molecular weight is 545 g/mol. The molecule has 0 fully saturated rings. The fourth-order valence-electron chi connectivity index (χ4n) is 4.98. The van der Waals surface area contributed by atoms with Gasteiger partial charge in [0.25, 0.3) is 11.8 Å². The van der Waals surface area contributed by atoms with Crippen LogP contribution in [0.25, 0.3) is 0 Å². The monoisotopic (exact) mass is 544 g/mol. The van der Waals surface area contributed by atoms with Crippen LogP contribution in [0.5, 0.6) is 0 Å². The highest BCUT2D eigenvalue weighted by Gasteiger charge is 2.28. The highest BCUT2D eigenvalue weighted by molar-refractivity contribution is 6.00. The number of aliphatic hydroxyl groups is 1. The third kappa shape index (κ3) is 10.4. The molecule has 0 aliphatic carbocycles. The van der Waals surface area contributed by atoms with E-state index in [0.717, 1.165) is 43.7 Å². The van der Waals surface area contributed by atoms with Crippen LogP contribution in [-0.4, -0.2) is 47.1 Å². The third-order valence-electron chi connectivity index (χ3n) is 6.99. The number of halogens is 2. The summed E-state index contributed by atoms with van der Waals surface area (Å²) in [5.41, 5.74) is 1.86. The lowest BCUT2D eigenvalue weighted by Gasteiger charge is -2.29. The summed E-state index contributed by atoms with van der Waals surface area (Å²) in [6.07, 6.45) is 3.52. The van der Waals surface area contributed by atoms with Crippen molar-refractivity contribution in [2.75, 3.05) is 13.1 Å². The van der Waals surface area contributed by atoms with Crippen molar-refractivity contribution in [3.05, 3.63) is 70.3 Å². The molecule has 5 nitrogen and oxygen atoms in total. The lowest BCUT2D eigenvalue weighted by molar-refractivity contribution is 0.0611. The number of carbonyl (C=O) groups is 2. The van der Waals surface area contributed by atoms with E-state index in [0.29, 0.717) is 35.7 Å². The van der Waals surface area contributed by atoms with Gasteiger partial charge in [-0.25, -0.2) is 8.78 Å². The SMILES string of the molecule is CCCN(CCC)C(=O)c1cc(C)cc(C(=O)NC(Cc2cc(F)cc(F)c2)C(O)C(C)CCCC(C)C)c1. The zero-order chi connectivity index (χ0) is 29.1. The fraction of sp³-hybridized carbons (Fsp3) is 0.562. The molecule has 2 N–H and O–H groups in total. The molecule has 39 heavy (non-hydrogen) atoms. The molecule has 2 aromatic carbocycles. The van der Waals surface area contributed by atoms with Crippen molar-refractivity contribution in [1.82, 2.24) is 10.2 Å². The summed E-state index contributed by atoms with van der Waals surface area (Å²) in [6.45, 7) is 13.4. The molecule has 0 aromatic heterocycles. The van der Waals surface area contributed by atoms with Gasteiger partial charge in [0.15, 0.2) is 0 Å². The van der Waals surface area contributed by atoms with Crippen LogP contribution in [0, 0.1) is 30.4 Å². The molecule has 0 radical (unpaired) electrons. The van der Waals surface area contributed by atoms with Crippen molar-refractivity contribution in [3.63, 3.8) is 0 Å². The fourth-order valence-corrected chi connectivity index (χ4v) is 4.98. The van der Waals surface area contributed by atoms with E-state index in [1.807, 2.05) is 27.7 Å². The van der Waals surface area contributed by atoms with Crippen molar-refractivity contribution in [1.29, 1.82) is 0 Å². The average Bonchev–Trinajstić information content (AvgIpc) is 2.86. The summed E-state index contributed by atoms with van der Waals surface area (Å²) in [7, 11) is 0. The second kappa shape index (κ2) is 15.7. The minimum Gasteiger partial charge on any atom is -0.391 e. The summed E-state index contributed by atoms with van der Waals surface area (Å²) in [4.78, 5) is 28.5. The number of hydrogen-bond acceptors (Lipinski definition) is 3. The predicted molar refractivity (Wildman–Crippen MR) is 153 cm³/mol. The Kier molecular flexibility index (Phi) is 13.1. The highest BCUT2D eigenvalue weighted by atomic mass is 19.1. The van der Waals surface area contributed by atoms with E-state index >= 15 is 0 Å². The Morgan fingerprint density at radius 1 is 0.897 bits per heavy atom. The first-order valence-corrected chi connectivity index (χ1v) is 14.3. The van der Waals surface area contributed by atoms with Gasteiger partial charge in [-0.05, 0) is 85.9 Å². The normalized spacial score (nSPS) is 13.7. The first-order valence-electron chi connectivity index (χ1n) is 14.3. The number of aryl methyl sites for hydroxylation is 1. The number of carbonyl (C=O) groups excluding carboxylic acids is 2. The van der Waals surface area contributed by atoms with Gasteiger partial charge >= 0.3 is 0 Å². The smallest absolute Gasteiger partial charge is 0.253 e. The van der Waals surface area contributed by atoms with Crippen molar-refractivity contribution < 1.29 is 23.5 Å². The minimum absolute atomic E-state index is 0.0640. The molecule has 0 aliphatic rings. The second-order valence-electron chi connectivity index (χ2n) is 11.2. The van der Waals surface area contributed by atoms with Gasteiger partial charge in [-0.2, -0.15) is 0 Å². The molecule has 0 saturated carbocycles. The number of nitrogens with one attached hydrogen (secondary N) is 1. The summed E-state index contributed by atoms with van der Waals surface area (Å²) in [5, 5.41) is 14.2. The maximum atomic E-state index is 13.9. The van der Waals surface area contributed by atoms with E-state index in [1.54, 1.807) is 23.1 Å². The Morgan fingerprint density at radius 2 is 1.49 bits per heavy atom. The summed E-state index contributed by atoms with van der Waals surface area (Å²) in [5.74, 6) is -1.58. The zero-order valence-electron chi connectivity index (χ0n) is 24.4. The molecule has 7 heteroatoms. The summed E-state index contributed by atoms with van der Waals surface area (Å²) >= 11 is 0. The predicted octanol–water partition coefficient (Wildman–Crippen LogP) is 6.70. The number of rotatable bonds is 15. The molecule has 3 atom stereocenters. The van der Waals surface area contributed by atoms with Crippen LogP contribution < -0.4 is 5.32 Å². The van der Waals surface area contributed by atoms with Crippen LogP contribution in [-0.2, 0) is 6.42 Å². The van der Waals surface area contributed by atoms with Crippen molar-refractivity contribution in [3.8, 4) is 0 Å². The van der Waals surface area contributed by atoms with E-state index in [4.69, 9.17) is 0 Å². The Morgan fingerprint density at radius 3 is 2.05 bits per heavy atom. The van der Waals surface area contributed by atoms with Crippen LogP contribution in [0.15, 0.2) is 36.4 Å². The number of amides is 2. The molecule has 2 aromatic rings. The number of hydrogen-bond donors (Lipinski definition) is 2. The lowest BCUT2D eigenvalue weighted by Crippen LogP contribution is -2.47. The maximum absolute atomic E-state index is 13.9. The van der Waals surface area contributed by atoms with Gasteiger partial charge in [0, 0.05) is 30.3 Å². The van der Waals surface area contributed by atoms with Crippen LogP contribution in [0.3, 0.4) is 0 Å². The molecule has 0 bridgehead atoms. The van der Waals surface area contributed by atoms with Gasteiger partial charge in [0.2, 0.25) is 0 Å². The van der Waals surface area contributed by atoms with E-state index in [1.165, 1.54) is 12.1 Å². The first kappa shape index (κ1) is 32.4. The molecular weight excluding hydrogens is 498 g/mol. The third-order valence-corrected chi connectivity index (χ3v) is 6.99. The standard InChI is InChI=1S/C32H46F2N2O3/c1-7-12-36(13-8-2)32(39)26-15-22(5)14-25(19-26)31(38)35-29(18-24-16-27(33)20-28(34)17-24)30(37)23(6)11-9-10-21(3)4/h14-17,19-21,23,29-30,37H,7-13,18H2,1-6H3,(H,35,38). The van der Waals surface area contributed by atoms with E-state index in [2.05, 4.69) is 19.2 Å². The minimum atomic E-state index is -0.928. The molecule has 2 amide bonds. The molecule has 2 rings (SSSR count). The molecular formula is C32H46F2N2O3. The van der Waals surface area contributed by atoms with Crippen molar-refractivity contribution >= 4 is 11.8 Å². The maximum Gasteiger partial charge on any atom is 0.253 e. The van der Waals surface area contributed by atoms with Crippen LogP contribution in [0.1, 0.15) is 98.6 Å². The van der Waals surface area contributed by atoms with E-state index in [9.17, 15) is 23.5 Å². The molecule has 0 aliphatic heterocycles. The molecule has 216 valence electrons. The van der Waals surface area contributed by atoms with E-state index < -0.39 is 29.7 Å². The summed E-state index contributed by atoms with van der Waals surface area (Å²) < 4.78 is 27.8. The first-order chi connectivity index (χ1) is 18.4. The molecule has 0 spiro atoms. The Balaban J connectivity index is 2.32. The van der Waals surface area contributed by atoms with Gasteiger partial charge in [-0.1, -0.05) is 47.5 Å². The number of nitrogens with zero attached hydrogens (tertiary/aromatic N) is 1. The lowest BCUT2D eigenvalue weighted by atomic mass is 9.88. The molecule has 3 unspecified atom stereocenters. The highest BCUT2D eigenvalue weighted by Crippen LogP contribution is 2.21. The van der Waals surface area contributed by atoms with Crippen LogP contribution in [0.2, 0.25) is 0 Å². The zero-order valence-corrected chi connectivity index (χ0v) is 24.4. The van der Waals surface area contributed by atoms with Gasteiger partial charge in [-0.15, -0.1) is 0 Å². The van der Waals surface area contributed by atoms with Crippen molar-refractivity contribution in [2.45, 2.75) is 92.2 Å². The second-order valence-corrected chi connectivity index (χ2v) is 11.2. The topological polar surface area (TPSA) is 69.6 Å². The summed E-state index contributed by atoms with van der Waals surface area (Å²) in [6, 6.07) is 7.52. The Hall–Kier alpha value is -2.80. The quantitative estimate of drug-likeness (QED) is 0.262. The molecule has 0 saturated heterocycles. The van der Waals surface area contributed by atoms with Crippen LogP contribution in [0.4, 0.5) is 8.78 Å². The number of benzene rings is 2. The Bertz CT molecular complexity index is 1060. The largest absolute Gasteiger partial charge is 0.391 e. The Labute approximate surface area is 233 Å². The van der Waals surface area contributed by atoms with Crippen LogP contribution >= 0.6 is 0 Å². The number of aliphatic hydroxyl groups excluding tert-OH is 1. The van der Waals surface area contributed by atoms with Crippen molar-refractivity contribution in [2.24, 2.45) is 11.8 Å². The molecule has 0 heterocycles. The van der Waals surface area contributed by atoms with E-state index in [-0.39, 0.29) is 18.2 Å². The van der Waals surface area contributed by atoms with Gasteiger partial charge < -0.3 is 15.3 Å². The van der Waals surface area contributed by atoms with Gasteiger partial charge in [0.1, 0.15) is 11.6 Å². The van der Waals surface area contributed by atoms with Gasteiger partial charge in [-0.3, -0.25) is 9.59 Å².